The standard InChI is InChI=1S/C17H28O/c18-17-15(13-7-3-1-4-8-13)11-12-16(17)14-9-5-2-6-10-14/h13-16H,1-12H2. The van der Waals surface area contributed by atoms with E-state index in [2.05, 4.69) is 0 Å². The maximum absolute atomic E-state index is 12.7. The number of carbonyl (C=O) groups excluding carboxylic acids is 1. The van der Waals surface area contributed by atoms with E-state index in [0.29, 0.717) is 17.6 Å². The molecule has 0 aromatic heterocycles. The van der Waals surface area contributed by atoms with E-state index in [4.69, 9.17) is 0 Å². The molecule has 0 spiro atoms. The van der Waals surface area contributed by atoms with Crippen molar-refractivity contribution >= 4 is 5.78 Å². The highest BCUT2D eigenvalue weighted by atomic mass is 16.1. The van der Waals surface area contributed by atoms with Crippen LogP contribution < -0.4 is 0 Å². The third kappa shape index (κ3) is 2.51. The van der Waals surface area contributed by atoms with Crippen molar-refractivity contribution in [3.05, 3.63) is 0 Å². The summed E-state index contributed by atoms with van der Waals surface area (Å²) in [7, 11) is 0. The van der Waals surface area contributed by atoms with Crippen LogP contribution in [-0.2, 0) is 4.79 Å². The molecule has 0 amide bonds. The van der Waals surface area contributed by atoms with Crippen LogP contribution in [0.3, 0.4) is 0 Å². The average molecular weight is 248 g/mol. The summed E-state index contributed by atoms with van der Waals surface area (Å²) in [5, 5.41) is 0. The summed E-state index contributed by atoms with van der Waals surface area (Å²) in [5.41, 5.74) is 0. The van der Waals surface area contributed by atoms with Gasteiger partial charge in [0, 0.05) is 11.8 Å². The van der Waals surface area contributed by atoms with Crippen LogP contribution >= 0.6 is 0 Å². The second-order valence-electron chi connectivity index (χ2n) is 6.99. The molecule has 0 aromatic carbocycles. The highest BCUT2D eigenvalue weighted by Gasteiger charge is 2.42. The molecule has 0 N–H and O–H groups in total. The Labute approximate surface area is 112 Å². The first-order valence-corrected chi connectivity index (χ1v) is 8.40. The lowest BCUT2D eigenvalue weighted by Crippen LogP contribution is -2.28. The molecule has 3 aliphatic carbocycles. The Morgan fingerprint density at radius 3 is 1.33 bits per heavy atom. The van der Waals surface area contributed by atoms with Crippen LogP contribution in [-0.4, -0.2) is 5.78 Å². The van der Waals surface area contributed by atoms with Crippen molar-refractivity contribution in [2.75, 3.05) is 0 Å². The third-order valence-electron chi connectivity index (χ3n) is 5.96. The zero-order valence-corrected chi connectivity index (χ0v) is 11.7. The van der Waals surface area contributed by atoms with Crippen LogP contribution in [0.25, 0.3) is 0 Å². The monoisotopic (exact) mass is 248 g/mol. The van der Waals surface area contributed by atoms with Crippen LogP contribution in [0.4, 0.5) is 0 Å². The van der Waals surface area contributed by atoms with E-state index in [0.717, 1.165) is 11.8 Å². The van der Waals surface area contributed by atoms with E-state index in [1.165, 1.54) is 77.0 Å². The Bertz CT molecular complexity index is 256. The Morgan fingerprint density at radius 2 is 0.944 bits per heavy atom. The topological polar surface area (TPSA) is 17.1 Å². The largest absolute Gasteiger partial charge is 0.299 e. The van der Waals surface area contributed by atoms with Gasteiger partial charge in [-0.2, -0.15) is 0 Å². The first-order valence-electron chi connectivity index (χ1n) is 8.40. The van der Waals surface area contributed by atoms with E-state index < -0.39 is 0 Å². The van der Waals surface area contributed by atoms with Gasteiger partial charge in [0.15, 0.2) is 0 Å². The fourth-order valence-corrected chi connectivity index (χ4v) is 4.93. The Hall–Kier alpha value is -0.330. The number of hydrogen-bond acceptors (Lipinski definition) is 1. The highest BCUT2D eigenvalue weighted by molar-refractivity contribution is 5.86. The van der Waals surface area contributed by atoms with Crippen LogP contribution in [0.5, 0.6) is 0 Å². The molecule has 0 saturated heterocycles. The lowest BCUT2D eigenvalue weighted by Gasteiger charge is -2.29. The summed E-state index contributed by atoms with van der Waals surface area (Å²) < 4.78 is 0. The normalized spacial score (nSPS) is 36.1. The van der Waals surface area contributed by atoms with Gasteiger partial charge in [-0.05, 0) is 50.4 Å². The summed E-state index contributed by atoms with van der Waals surface area (Å²) in [6, 6.07) is 0. The Morgan fingerprint density at radius 1 is 0.556 bits per heavy atom. The van der Waals surface area contributed by atoms with Gasteiger partial charge in [-0.3, -0.25) is 4.79 Å². The maximum atomic E-state index is 12.7. The lowest BCUT2D eigenvalue weighted by atomic mass is 9.75. The Balaban J connectivity index is 1.60. The van der Waals surface area contributed by atoms with Crippen LogP contribution in [0.15, 0.2) is 0 Å². The fraction of sp³-hybridized carbons (Fsp3) is 0.941. The quantitative estimate of drug-likeness (QED) is 0.689. The van der Waals surface area contributed by atoms with Crippen molar-refractivity contribution in [1.82, 2.24) is 0 Å². The van der Waals surface area contributed by atoms with Gasteiger partial charge in [0.1, 0.15) is 5.78 Å². The molecule has 0 bridgehead atoms. The SMILES string of the molecule is O=C1C(C2CCCCC2)CCC1C1CCCCC1. The molecule has 0 aliphatic heterocycles. The first-order chi connectivity index (χ1) is 8.86. The number of ketones is 1. The molecule has 1 nitrogen and oxygen atoms in total. The minimum absolute atomic E-state index is 0.470. The molecule has 3 aliphatic rings. The van der Waals surface area contributed by atoms with E-state index in [-0.39, 0.29) is 0 Å². The molecule has 2 unspecified atom stereocenters. The summed E-state index contributed by atoms with van der Waals surface area (Å²) in [6.07, 6.45) is 16.1. The van der Waals surface area contributed by atoms with Crippen molar-refractivity contribution in [3.63, 3.8) is 0 Å². The molecular weight excluding hydrogens is 220 g/mol. The molecule has 3 fully saturated rings. The second kappa shape index (κ2) is 5.75. The highest BCUT2D eigenvalue weighted by Crippen LogP contribution is 2.44. The zero-order chi connectivity index (χ0) is 12.4. The summed E-state index contributed by atoms with van der Waals surface area (Å²) >= 11 is 0. The smallest absolute Gasteiger partial charge is 0.139 e. The van der Waals surface area contributed by atoms with Crippen LogP contribution in [0, 0.1) is 23.7 Å². The molecule has 0 radical (unpaired) electrons. The van der Waals surface area contributed by atoms with Crippen molar-refractivity contribution in [2.45, 2.75) is 77.0 Å². The van der Waals surface area contributed by atoms with Gasteiger partial charge in [-0.15, -0.1) is 0 Å². The van der Waals surface area contributed by atoms with Crippen molar-refractivity contribution in [1.29, 1.82) is 0 Å². The minimum Gasteiger partial charge on any atom is -0.299 e. The van der Waals surface area contributed by atoms with Gasteiger partial charge in [0.05, 0.1) is 0 Å². The summed E-state index contributed by atoms with van der Waals surface area (Å²) in [6.45, 7) is 0. The molecular formula is C17H28O. The van der Waals surface area contributed by atoms with E-state index in [9.17, 15) is 4.79 Å². The van der Waals surface area contributed by atoms with Gasteiger partial charge < -0.3 is 0 Å². The predicted octanol–water partition coefficient (Wildman–Crippen LogP) is 4.74. The van der Waals surface area contributed by atoms with Gasteiger partial charge in [0.25, 0.3) is 0 Å². The molecule has 3 rings (SSSR count). The van der Waals surface area contributed by atoms with Crippen molar-refractivity contribution < 1.29 is 4.79 Å². The van der Waals surface area contributed by atoms with Gasteiger partial charge >= 0.3 is 0 Å². The molecule has 0 aromatic rings. The van der Waals surface area contributed by atoms with Crippen LogP contribution in [0.2, 0.25) is 0 Å². The average Bonchev–Trinajstić information content (AvgIpc) is 2.83. The number of hydrogen-bond donors (Lipinski definition) is 0. The van der Waals surface area contributed by atoms with Crippen molar-refractivity contribution in [2.24, 2.45) is 23.7 Å². The number of carbonyl (C=O) groups is 1. The molecule has 1 heteroatoms. The zero-order valence-electron chi connectivity index (χ0n) is 11.7. The molecule has 0 heterocycles. The van der Waals surface area contributed by atoms with Gasteiger partial charge in [0.2, 0.25) is 0 Å². The van der Waals surface area contributed by atoms with Gasteiger partial charge in [-0.25, -0.2) is 0 Å². The lowest BCUT2D eigenvalue weighted by molar-refractivity contribution is -0.127. The predicted molar refractivity (Wildman–Crippen MR) is 74.4 cm³/mol. The molecule has 18 heavy (non-hydrogen) atoms. The van der Waals surface area contributed by atoms with E-state index in [1.54, 1.807) is 0 Å². The first kappa shape index (κ1) is 12.7. The third-order valence-corrected chi connectivity index (χ3v) is 5.96. The van der Waals surface area contributed by atoms with Crippen molar-refractivity contribution in [3.8, 4) is 0 Å². The van der Waals surface area contributed by atoms with Crippen LogP contribution in [0.1, 0.15) is 77.0 Å². The molecule has 102 valence electrons. The summed E-state index contributed by atoms with van der Waals surface area (Å²) in [4.78, 5) is 12.7. The minimum atomic E-state index is 0.470. The van der Waals surface area contributed by atoms with E-state index in [1.807, 2.05) is 0 Å². The van der Waals surface area contributed by atoms with Gasteiger partial charge in [-0.1, -0.05) is 38.5 Å². The molecule has 2 atom stereocenters. The number of Topliss-reactive ketones (excluding diaryl/α,β-unsaturated/α-hetero) is 1. The Kier molecular flexibility index (Phi) is 4.06. The fourth-order valence-electron chi connectivity index (χ4n) is 4.93. The maximum Gasteiger partial charge on any atom is 0.139 e. The second-order valence-corrected chi connectivity index (χ2v) is 6.99. The molecule has 3 saturated carbocycles. The number of rotatable bonds is 2. The summed E-state index contributed by atoms with van der Waals surface area (Å²) in [5.74, 6) is 3.16. The van der Waals surface area contributed by atoms with E-state index >= 15 is 0 Å².